The Kier molecular flexibility index (Phi) is 69.9. The monoisotopic (exact) mass is 1100 g/mol. The Morgan fingerprint density at radius 2 is 0.859 bits per heavy atom. The zero-order chi connectivity index (χ0) is 52.4. The fourth-order valence-electron chi connectivity index (χ4n) is 8.23. The second-order valence-corrected chi connectivity index (χ2v) is 18.8. The van der Waals surface area contributed by atoms with Gasteiger partial charge in [-0.3, -0.25) is 0 Å². The highest BCUT2D eigenvalue weighted by molar-refractivity contribution is 5.59. The molecule has 8 heteroatoms. The van der Waals surface area contributed by atoms with E-state index >= 15 is 0 Å². The van der Waals surface area contributed by atoms with Crippen molar-refractivity contribution in [2.24, 2.45) is 0 Å². The molecule has 0 bridgehead atoms. The number of hydrogen-bond donors (Lipinski definition) is 2. The van der Waals surface area contributed by atoms with Gasteiger partial charge in [0, 0.05) is 18.2 Å². The van der Waals surface area contributed by atoms with E-state index in [0.29, 0.717) is 39.6 Å². The predicted molar refractivity (Wildman–Crippen MR) is 348 cm³/mol. The van der Waals surface area contributed by atoms with E-state index in [2.05, 4.69) is 88.0 Å². The molecular formula is C70H128O8. The van der Waals surface area contributed by atoms with Crippen molar-refractivity contribution in [1.82, 2.24) is 0 Å². The summed E-state index contributed by atoms with van der Waals surface area (Å²) in [6.07, 6.45) is 41.5. The minimum absolute atomic E-state index is 0. The minimum atomic E-state index is -0.204. The molecule has 8 nitrogen and oxygen atoms in total. The van der Waals surface area contributed by atoms with Gasteiger partial charge in [0.2, 0.25) is 0 Å². The lowest BCUT2D eigenvalue weighted by atomic mass is 10.0. The molecule has 0 amide bonds. The molecule has 2 N–H and O–H groups in total. The van der Waals surface area contributed by atoms with Crippen LogP contribution in [0.4, 0.5) is 0 Å². The summed E-state index contributed by atoms with van der Waals surface area (Å²) < 4.78 is 33.2. The van der Waals surface area contributed by atoms with Crippen molar-refractivity contribution in [2.75, 3.05) is 66.6 Å². The van der Waals surface area contributed by atoms with Crippen LogP contribution in [0, 0.1) is 0 Å². The molecule has 1 unspecified atom stereocenters. The van der Waals surface area contributed by atoms with Crippen molar-refractivity contribution in [1.29, 1.82) is 0 Å². The largest absolute Gasteiger partial charge is 0.491 e. The molecule has 3 aromatic rings. The molecule has 0 aromatic heterocycles. The van der Waals surface area contributed by atoms with Crippen molar-refractivity contribution in [2.45, 2.75) is 239 Å². The van der Waals surface area contributed by atoms with E-state index in [1.165, 1.54) is 157 Å². The molecule has 0 spiro atoms. The van der Waals surface area contributed by atoms with Crippen LogP contribution in [0.5, 0.6) is 17.2 Å². The maximum atomic E-state index is 8.92. The predicted octanol–water partition coefficient (Wildman–Crippen LogP) is 20.2. The first-order valence-corrected chi connectivity index (χ1v) is 28.4. The van der Waals surface area contributed by atoms with Gasteiger partial charge in [0.25, 0.3) is 0 Å². The van der Waals surface area contributed by atoms with Crippen LogP contribution in [0.25, 0.3) is 12.2 Å². The molecule has 0 saturated carbocycles. The highest BCUT2D eigenvalue weighted by Gasteiger charge is 2.11. The summed E-state index contributed by atoms with van der Waals surface area (Å²) in [5.74, 6) is 2.64. The fraction of sp³-hybridized carbons (Fsp3) is 0.657. The van der Waals surface area contributed by atoms with E-state index in [9.17, 15) is 0 Å². The number of benzene rings is 3. The average Bonchev–Trinajstić information content (AvgIpc) is 3.40. The smallest absolute Gasteiger partial charge is 0.126 e. The first-order valence-electron chi connectivity index (χ1n) is 28.4. The van der Waals surface area contributed by atoms with Gasteiger partial charge in [-0.25, -0.2) is 0 Å². The molecule has 0 radical (unpaired) electrons. The summed E-state index contributed by atoms with van der Waals surface area (Å²) >= 11 is 0. The van der Waals surface area contributed by atoms with Crippen LogP contribution in [0.3, 0.4) is 0 Å². The fourth-order valence-corrected chi connectivity index (χ4v) is 8.23. The Bertz CT molecular complexity index is 1720. The third-order valence-electron chi connectivity index (χ3n) is 12.3. The lowest BCUT2D eigenvalue weighted by Gasteiger charge is -2.18. The summed E-state index contributed by atoms with van der Waals surface area (Å²) in [4.78, 5) is 0. The number of aryl methyl sites for hydroxylation is 3. The first-order chi connectivity index (χ1) is 35.4. The van der Waals surface area contributed by atoms with E-state index < -0.39 is 0 Å². The molecule has 0 aliphatic carbocycles. The van der Waals surface area contributed by atoms with E-state index in [-0.39, 0.29) is 70.5 Å². The number of allylic oxidation sites excluding steroid dienone is 2. The summed E-state index contributed by atoms with van der Waals surface area (Å²) in [5.41, 5.74) is 6.42. The lowest BCUT2D eigenvalue weighted by Crippen LogP contribution is -2.28. The van der Waals surface area contributed by atoms with Crippen LogP contribution >= 0.6 is 0 Å². The van der Waals surface area contributed by atoms with Crippen molar-refractivity contribution in [3.63, 3.8) is 0 Å². The average molecular weight is 1100 g/mol. The van der Waals surface area contributed by atoms with E-state index in [1.54, 1.807) is 13.2 Å². The number of unbranched alkanes of at least 4 members (excludes halogenated alkanes) is 18. The molecule has 0 heterocycles. The molecule has 78 heavy (non-hydrogen) atoms. The van der Waals surface area contributed by atoms with Crippen LogP contribution in [-0.2, 0) is 33.5 Å². The van der Waals surface area contributed by atoms with Crippen LogP contribution < -0.4 is 14.2 Å². The molecular weight excluding hydrogens is 969 g/mol. The van der Waals surface area contributed by atoms with Crippen molar-refractivity contribution in [3.05, 3.63) is 113 Å². The van der Waals surface area contributed by atoms with Gasteiger partial charge in [-0.15, -0.1) is 6.58 Å². The molecule has 0 aliphatic rings. The van der Waals surface area contributed by atoms with Gasteiger partial charge in [-0.2, -0.15) is 0 Å². The van der Waals surface area contributed by atoms with Crippen molar-refractivity contribution >= 4 is 12.2 Å². The van der Waals surface area contributed by atoms with Crippen LogP contribution in [0.2, 0.25) is 0 Å². The SMILES string of the molecule is C.C.C.C.C.C.C/C=C/c1cc(CCCCCCCCC)ccc1OCCO.C/C=C/c1cc(CCCCCCCCC)ccc1OCCOC.C=CCOCC(COc1ccc(CCCCCCCCC)cc1)OCCO. The minimum Gasteiger partial charge on any atom is -0.491 e. The summed E-state index contributed by atoms with van der Waals surface area (Å²) in [6.45, 7) is 17.7. The van der Waals surface area contributed by atoms with E-state index in [0.717, 1.165) is 42.1 Å². The maximum Gasteiger partial charge on any atom is 0.126 e. The van der Waals surface area contributed by atoms with E-state index in [4.69, 9.17) is 38.6 Å². The molecule has 456 valence electrons. The van der Waals surface area contributed by atoms with Gasteiger partial charge in [-0.05, 0) is 105 Å². The van der Waals surface area contributed by atoms with Gasteiger partial charge in [0.15, 0.2) is 0 Å². The molecule has 3 rings (SSSR count). The van der Waals surface area contributed by atoms with Crippen LogP contribution in [0.1, 0.15) is 242 Å². The molecule has 0 aliphatic heterocycles. The third-order valence-corrected chi connectivity index (χ3v) is 12.3. The topological polar surface area (TPSA) is 95.8 Å². The number of ether oxygens (including phenoxy) is 6. The third kappa shape index (κ3) is 46.9. The second-order valence-electron chi connectivity index (χ2n) is 18.8. The van der Waals surface area contributed by atoms with E-state index in [1.807, 2.05) is 38.1 Å². The van der Waals surface area contributed by atoms with Gasteiger partial charge in [0.1, 0.15) is 43.2 Å². The second kappa shape index (κ2) is 63.9. The molecule has 0 saturated heterocycles. The molecule has 3 aromatic carbocycles. The summed E-state index contributed by atoms with van der Waals surface area (Å²) in [5, 5.41) is 17.8. The van der Waals surface area contributed by atoms with Crippen LogP contribution in [-0.4, -0.2) is 82.9 Å². The highest BCUT2D eigenvalue weighted by atomic mass is 16.6. The summed E-state index contributed by atoms with van der Waals surface area (Å²) in [7, 11) is 1.70. The van der Waals surface area contributed by atoms with Gasteiger partial charge in [-0.1, -0.05) is 236 Å². The number of aliphatic hydroxyl groups excluding tert-OH is 2. The number of rotatable bonds is 43. The van der Waals surface area contributed by atoms with Crippen molar-refractivity contribution < 1.29 is 38.6 Å². The standard InChI is InChI=1S/C23H38O4.C21H34O2.C20H32O2.6CH4/c1-3-5-6-7-8-9-10-11-21-12-14-22(15-13-21)27-20-23(26-18-16-24)19-25-17-4-2;1-4-6-7-8-9-10-11-13-19-14-15-21(23-17-16-22-3)20(18-19)12-5-2;1-3-5-6-7-8-9-10-12-18-13-14-20(22-16-15-21)19(17-18)11-4-2;;;;;;/h4,12-15,23-24H,2-3,5-11,16-20H2,1H3;5,12,14-15,18H,4,6-11,13,16-17H2,1-3H3;4,11,13-14,17,21H,3,5-10,12,15-16H2,1-2H3;6*1H4/b;12-5+;11-4+;;;;;;. The van der Waals surface area contributed by atoms with Crippen molar-refractivity contribution in [3.8, 4) is 17.2 Å². The Hall–Kier alpha value is -3.92. The van der Waals surface area contributed by atoms with Gasteiger partial charge >= 0.3 is 0 Å². The van der Waals surface area contributed by atoms with Crippen LogP contribution in [0.15, 0.2) is 85.5 Å². The normalized spacial score (nSPS) is 10.7. The van der Waals surface area contributed by atoms with Gasteiger partial charge in [0.05, 0.1) is 39.6 Å². The Balaban J connectivity index is -0.000000241. The Labute approximate surface area is 485 Å². The Morgan fingerprint density at radius 1 is 0.462 bits per heavy atom. The van der Waals surface area contributed by atoms with Gasteiger partial charge < -0.3 is 38.6 Å². The summed E-state index contributed by atoms with van der Waals surface area (Å²) in [6, 6.07) is 21.3. The maximum absolute atomic E-state index is 8.92. The molecule has 1 atom stereocenters. The molecule has 0 fully saturated rings. The zero-order valence-electron chi connectivity index (χ0n) is 46.6. The quantitative estimate of drug-likeness (QED) is 0.0427. The highest BCUT2D eigenvalue weighted by Crippen LogP contribution is 2.25. The number of methoxy groups -OCH3 is 1. The lowest BCUT2D eigenvalue weighted by molar-refractivity contribution is -0.0418. The number of hydrogen-bond acceptors (Lipinski definition) is 8. The first kappa shape index (κ1) is 85.4. The number of aliphatic hydroxyl groups is 2. The zero-order valence-corrected chi connectivity index (χ0v) is 46.6. The Morgan fingerprint density at radius 3 is 1.26 bits per heavy atom.